The molecule has 0 fully saturated rings. The van der Waals surface area contributed by atoms with Crippen molar-refractivity contribution in [3.05, 3.63) is 0 Å². The summed E-state index contributed by atoms with van der Waals surface area (Å²) < 4.78 is 0. The highest BCUT2D eigenvalue weighted by atomic mass is 16.4. The Bertz CT molecular complexity index is 726. The first kappa shape index (κ1) is 28.7. The number of aliphatic hydroxyl groups is 1. The molecular formula is C18H31N5O9. The van der Waals surface area contributed by atoms with Gasteiger partial charge in [-0.15, -0.1) is 0 Å². The number of carbonyl (C=O) groups is 6. The predicted octanol–water partition coefficient (Wildman–Crippen LogP) is -3.37. The molecule has 14 nitrogen and oxygen atoms in total. The van der Waals surface area contributed by atoms with Crippen LogP contribution in [0, 0.1) is 5.92 Å². The van der Waals surface area contributed by atoms with Crippen LogP contribution in [-0.4, -0.2) is 81.2 Å². The van der Waals surface area contributed by atoms with E-state index in [0.29, 0.717) is 0 Å². The SMILES string of the molecule is CC(C)CC(NC(=O)C(CC(=O)O)NC(=O)C(NC(=O)C(N)CC(N)=O)C(C)O)C(=O)O. The lowest BCUT2D eigenvalue weighted by molar-refractivity contribution is -0.144. The van der Waals surface area contributed by atoms with Gasteiger partial charge < -0.3 is 42.7 Å². The van der Waals surface area contributed by atoms with Crippen LogP contribution in [0.15, 0.2) is 0 Å². The second kappa shape index (κ2) is 13.2. The van der Waals surface area contributed by atoms with E-state index in [4.69, 9.17) is 16.6 Å². The molecule has 182 valence electrons. The Kier molecular flexibility index (Phi) is 11.9. The average molecular weight is 461 g/mol. The van der Waals surface area contributed by atoms with E-state index in [1.807, 2.05) is 0 Å². The maximum absolute atomic E-state index is 12.6. The number of aliphatic hydroxyl groups excluding tert-OH is 1. The number of amides is 4. The quantitative estimate of drug-likeness (QED) is 0.127. The standard InChI is InChI=1S/C18H31N5O9/c1-7(2)4-11(18(31)32)22-16(29)10(6-13(26)27)21-17(30)14(8(3)24)23-15(28)9(19)5-12(20)25/h7-11,14,24H,4-6,19H2,1-3H3,(H2,20,25)(H,21,30)(H,22,29)(H,23,28)(H,26,27)(H,31,32). The Balaban J connectivity index is 5.47. The smallest absolute Gasteiger partial charge is 0.326 e. The van der Waals surface area contributed by atoms with E-state index in [9.17, 15) is 39.0 Å². The number of hydrogen-bond acceptors (Lipinski definition) is 8. The topological polar surface area (TPSA) is 251 Å². The number of carbonyl (C=O) groups excluding carboxylic acids is 4. The molecule has 0 aromatic heterocycles. The van der Waals surface area contributed by atoms with Crippen LogP contribution in [0.2, 0.25) is 0 Å². The molecule has 10 N–H and O–H groups in total. The molecule has 14 heteroatoms. The highest BCUT2D eigenvalue weighted by molar-refractivity contribution is 5.96. The molecule has 0 saturated carbocycles. The van der Waals surface area contributed by atoms with Crippen molar-refractivity contribution in [3.63, 3.8) is 0 Å². The fourth-order valence-corrected chi connectivity index (χ4v) is 2.59. The number of aliphatic carboxylic acids is 2. The molecule has 0 aliphatic rings. The zero-order valence-electron chi connectivity index (χ0n) is 18.0. The first-order valence-corrected chi connectivity index (χ1v) is 9.73. The summed E-state index contributed by atoms with van der Waals surface area (Å²) >= 11 is 0. The third-order valence-electron chi connectivity index (χ3n) is 4.15. The summed E-state index contributed by atoms with van der Waals surface area (Å²) in [4.78, 5) is 70.5. The van der Waals surface area contributed by atoms with Gasteiger partial charge in [0, 0.05) is 0 Å². The fourth-order valence-electron chi connectivity index (χ4n) is 2.59. The van der Waals surface area contributed by atoms with Crippen LogP contribution in [0.1, 0.15) is 40.0 Å². The van der Waals surface area contributed by atoms with E-state index in [2.05, 4.69) is 16.0 Å². The molecule has 0 heterocycles. The zero-order chi connectivity index (χ0) is 25.2. The van der Waals surface area contributed by atoms with Crippen LogP contribution in [-0.2, 0) is 28.8 Å². The van der Waals surface area contributed by atoms with E-state index in [-0.39, 0.29) is 12.3 Å². The van der Waals surface area contributed by atoms with Gasteiger partial charge in [0.15, 0.2) is 0 Å². The molecule has 0 aliphatic carbocycles. The summed E-state index contributed by atoms with van der Waals surface area (Å²) in [5, 5.41) is 34.5. The minimum Gasteiger partial charge on any atom is -0.481 e. The fraction of sp³-hybridized carbons (Fsp3) is 0.667. The summed E-state index contributed by atoms with van der Waals surface area (Å²) in [6.45, 7) is 4.58. The van der Waals surface area contributed by atoms with Crippen molar-refractivity contribution < 1.29 is 44.1 Å². The molecule has 0 saturated heterocycles. The Labute approximate surface area is 184 Å². The molecule has 5 atom stereocenters. The van der Waals surface area contributed by atoms with Gasteiger partial charge in [0.1, 0.15) is 18.1 Å². The van der Waals surface area contributed by atoms with Gasteiger partial charge in [-0.1, -0.05) is 13.8 Å². The minimum atomic E-state index is -1.70. The number of nitrogens with two attached hydrogens (primary N) is 2. The molecule has 5 unspecified atom stereocenters. The third-order valence-corrected chi connectivity index (χ3v) is 4.15. The summed E-state index contributed by atoms with van der Waals surface area (Å²) in [6.07, 6.45) is -2.87. The number of carboxylic acid groups (broad SMARTS) is 2. The number of nitrogens with one attached hydrogen (secondary N) is 3. The average Bonchev–Trinajstić information content (AvgIpc) is 2.62. The Morgan fingerprint density at radius 3 is 1.75 bits per heavy atom. The zero-order valence-corrected chi connectivity index (χ0v) is 18.0. The number of hydrogen-bond donors (Lipinski definition) is 8. The molecule has 0 spiro atoms. The van der Waals surface area contributed by atoms with E-state index in [1.54, 1.807) is 13.8 Å². The Morgan fingerprint density at radius 1 is 0.812 bits per heavy atom. The first-order valence-electron chi connectivity index (χ1n) is 9.73. The monoisotopic (exact) mass is 461 g/mol. The van der Waals surface area contributed by atoms with Crippen LogP contribution in [0.3, 0.4) is 0 Å². The van der Waals surface area contributed by atoms with E-state index >= 15 is 0 Å². The minimum absolute atomic E-state index is 0.0545. The van der Waals surface area contributed by atoms with Gasteiger partial charge in [0.25, 0.3) is 0 Å². The largest absolute Gasteiger partial charge is 0.481 e. The van der Waals surface area contributed by atoms with E-state index in [1.165, 1.54) is 0 Å². The number of rotatable bonds is 14. The van der Waals surface area contributed by atoms with Gasteiger partial charge >= 0.3 is 11.9 Å². The summed E-state index contributed by atoms with van der Waals surface area (Å²) in [7, 11) is 0. The lowest BCUT2D eigenvalue weighted by Crippen LogP contribution is -2.60. The normalized spacial score (nSPS) is 15.6. The summed E-state index contributed by atoms with van der Waals surface area (Å²) in [5.41, 5.74) is 10.4. The molecule has 0 bridgehead atoms. The summed E-state index contributed by atoms with van der Waals surface area (Å²) in [5.74, 6) is -6.99. The maximum Gasteiger partial charge on any atom is 0.326 e. The van der Waals surface area contributed by atoms with Crippen LogP contribution in [0.4, 0.5) is 0 Å². The van der Waals surface area contributed by atoms with Crippen molar-refractivity contribution in [2.75, 3.05) is 0 Å². The number of primary amides is 1. The lowest BCUT2D eigenvalue weighted by Gasteiger charge is -2.26. The van der Waals surface area contributed by atoms with Crippen LogP contribution >= 0.6 is 0 Å². The second-order valence-electron chi connectivity index (χ2n) is 7.69. The molecule has 0 aliphatic heterocycles. The third kappa shape index (κ3) is 10.7. The van der Waals surface area contributed by atoms with Gasteiger partial charge in [-0.25, -0.2) is 4.79 Å². The van der Waals surface area contributed by atoms with Crippen molar-refractivity contribution in [2.45, 2.75) is 70.3 Å². The summed E-state index contributed by atoms with van der Waals surface area (Å²) in [6, 6.07) is -6.09. The van der Waals surface area contributed by atoms with Crippen molar-refractivity contribution in [1.82, 2.24) is 16.0 Å². The second-order valence-corrected chi connectivity index (χ2v) is 7.69. The van der Waals surface area contributed by atoms with E-state index in [0.717, 1.165) is 6.92 Å². The van der Waals surface area contributed by atoms with Gasteiger partial charge in [0.05, 0.1) is 25.0 Å². The van der Waals surface area contributed by atoms with Crippen molar-refractivity contribution in [1.29, 1.82) is 0 Å². The Morgan fingerprint density at radius 2 is 1.34 bits per heavy atom. The van der Waals surface area contributed by atoms with Crippen molar-refractivity contribution in [3.8, 4) is 0 Å². The van der Waals surface area contributed by atoms with Crippen LogP contribution in [0.5, 0.6) is 0 Å². The molecule has 32 heavy (non-hydrogen) atoms. The van der Waals surface area contributed by atoms with Crippen molar-refractivity contribution >= 4 is 35.6 Å². The van der Waals surface area contributed by atoms with Gasteiger partial charge in [-0.3, -0.25) is 24.0 Å². The van der Waals surface area contributed by atoms with Crippen molar-refractivity contribution in [2.24, 2.45) is 17.4 Å². The van der Waals surface area contributed by atoms with Gasteiger partial charge in [0.2, 0.25) is 23.6 Å². The van der Waals surface area contributed by atoms with Gasteiger partial charge in [-0.2, -0.15) is 0 Å². The van der Waals surface area contributed by atoms with Crippen LogP contribution < -0.4 is 27.4 Å². The molecule has 0 rings (SSSR count). The number of carboxylic acids is 2. The predicted molar refractivity (Wildman–Crippen MR) is 109 cm³/mol. The molecule has 0 aromatic carbocycles. The van der Waals surface area contributed by atoms with E-state index < -0.39 is 78.7 Å². The maximum atomic E-state index is 12.6. The molecule has 0 aromatic rings. The van der Waals surface area contributed by atoms with Gasteiger partial charge in [-0.05, 0) is 19.3 Å². The molecule has 4 amide bonds. The molecular weight excluding hydrogens is 430 g/mol. The highest BCUT2D eigenvalue weighted by Crippen LogP contribution is 2.06. The lowest BCUT2D eigenvalue weighted by atomic mass is 10.0. The Hall–Kier alpha value is -3.26. The van der Waals surface area contributed by atoms with Crippen LogP contribution in [0.25, 0.3) is 0 Å². The molecule has 0 radical (unpaired) electrons. The first-order chi connectivity index (χ1) is 14.6. The highest BCUT2D eigenvalue weighted by Gasteiger charge is 2.33.